The van der Waals surface area contributed by atoms with E-state index in [1.807, 2.05) is 36.4 Å². The van der Waals surface area contributed by atoms with Gasteiger partial charge < -0.3 is 18.9 Å². The van der Waals surface area contributed by atoms with E-state index in [-0.39, 0.29) is 11.5 Å². The zero-order chi connectivity index (χ0) is 27.8. The lowest BCUT2D eigenvalue weighted by Crippen LogP contribution is -2.07. The van der Waals surface area contributed by atoms with Gasteiger partial charge in [0, 0.05) is 0 Å². The fourth-order valence-corrected chi connectivity index (χ4v) is 5.66. The highest BCUT2D eigenvalue weighted by molar-refractivity contribution is 7.89. The first-order chi connectivity index (χ1) is 18.8. The van der Waals surface area contributed by atoms with Crippen LogP contribution in [0.1, 0.15) is 36.1 Å². The highest BCUT2D eigenvalue weighted by Gasteiger charge is 2.15. The Morgan fingerprint density at radius 2 is 0.872 bits per heavy atom. The number of sulfone groups is 1. The maximum atomic E-state index is 12.9. The average molecular weight is 547 g/mol. The van der Waals surface area contributed by atoms with Crippen molar-refractivity contribution in [3.05, 3.63) is 107 Å². The van der Waals surface area contributed by atoms with E-state index >= 15 is 0 Å². The number of ether oxygens (including phenoxy) is 4. The second kappa shape index (κ2) is 12.7. The van der Waals surface area contributed by atoms with E-state index in [1.165, 1.54) is 0 Å². The van der Waals surface area contributed by atoms with Crippen LogP contribution in [0.25, 0.3) is 0 Å². The third-order valence-electron chi connectivity index (χ3n) is 6.35. The molecule has 0 aliphatic rings. The monoisotopic (exact) mass is 546 g/mol. The third-order valence-corrected chi connectivity index (χ3v) is 7.89. The Morgan fingerprint density at radius 3 is 1.21 bits per heavy atom. The van der Waals surface area contributed by atoms with Crippen LogP contribution in [0, 0.1) is 0 Å². The second-order valence-electron chi connectivity index (χ2n) is 9.20. The molecular weight excluding hydrogens is 512 g/mol. The van der Waals surface area contributed by atoms with Gasteiger partial charge in [-0.3, -0.25) is 0 Å². The lowest BCUT2D eigenvalue weighted by Gasteiger charge is -2.12. The summed E-state index contributed by atoms with van der Waals surface area (Å²) >= 11 is 0. The molecule has 0 aliphatic carbocycles. The van der Waals surface area contributed by atoms with E-state index in [2.05, 4.69) is 13.8 Å². The van der Waals surface area contributed by atoms with Crippen molar-refractivity contribution < 1.29 is 27.4 Å². The fraction of sp³-hybridized carbons (Fsp3) is 0.250. The van der Waals surface area contributed by atoms with Gasteiger partial charge in [0.2, 0.25) is 0 Å². The molecule has 0 atom stereocenters. The first-order valence-electron chi connectivity index (χ1n) is 12.9. The number of benzene rings is 4. The molecule has 0 saturated heterocycles. The molecule has 0 fully saturated rings. The molecule has 204 valence electrons. The van der Waals surface area contributed by atoms with Crippen molar-refractivity contribution in [3.8, 4) is 34.5 Å². The van der Waals surface area contributed by atoms with Crippen molar-refractivity contribution in [2.45, 2.75) is 38.2 Å². The van der Waals surface area contributed by atoms with E-state index in [0.29, 0.717) is 45.6 Å². The van der Waals surface area contributed by atoms with Gasteiger partial charge >= 0.3 is 0 Å². The van der Waals surface area contributed by atoms with Crippen LogP contribution in [0.5, 0.6) is 34.5 Å². The predicted octanol–water partition coefficient (Wildman–Crippen LogP) is 7.53. The molecule has 0 aliphatic heterocycles. The van der Waals surface area contributed by atoms with Gasteiger partial charge in [-0.2, -0.15) is 0 Å². The first kappa shape index (κ1) is 28.0. The van der Waals surface area contributed by atoms with Crippen LogP contribution in [0.4, 0.5) is 0 Å². The van der Waals surface area contributed by atoms with Crippen molar-refractivity contribution in [2.75, 3.05) is 14.2 Å². The van der Waals surface area contributed by atoms with Crippen LogP contribution in [-0.4, -0.2) is 22.6 Å². The van der Waals surface area contributed by atoms with Gasteiger partial charge in [0.15, 0.2) is 32.8 Å². The molecule has 0 amide bonds. The quantitative estimate of drug-likeness (QED) is 0.183. The van der Waals surface area contributed by atoms with Crippen molar-refractivity contribution in [1.29, 1.82) is 0 Å². The normalized spacial score (nSPS) is 11.2. The number of hydrogen-bond donors (Lipinski definition) is 0. The summed E-state index contributed by atoms with van der Waals surface area (Å²) in [6, 6.07) is 25.8. The smallest absolute Gasteiger partial charge is 0.169 e. The SMILES string of the molecule is CCc1ccc(Oc2ccc(CS(=O)(=O)Cc3ccc(Oc4ccc(CC)cc4OC)cc3)cc2)c(OC)c1. The summed E-state index contributed by atoms with van der Waals surface area (Å²) in [6.07, 6.45) is 1.81. The standard InChI is InChI=1S/C32H34O6S/c1-5-23-11-17-29(31(19-23)35-3)37-27-13-7-25(8-14-27)21-39(33,34)22-26-9-15-28(16-10-26)38-30-18-12-24(6-2)20-32(30)36-4/h7-20H,5-6,21-22H2,1-4H3. The average Bonchev–Trinajstić information content (AvgIpc) is 2.95. The van der Waals surface area contributed by atoms with Crippen molar-refractivity contribution >= 4 is 9.84 Å². The molecule has 4 rings (SSSR count). The summed E-state index contributed by atoms with van der Waals surface area (Å²) in [4.78, 5) is 0. The van der Waals surface area contributed by atoms with E-state index in [4.69, 9.17) is 18.9 Å². The Bertz CT molecular complexity index is 1380. The molecule has 6 nitrogen and oxygen atoms in total. The molecule has 39 heavy (non-hydrogen) atoms. The highest BCUT2D eigenvalue weighted by atomic mass is 32.2. The van der Waals surface area contributed by atoms with Gasteiger partial charge in [0.05, 0.1) is 25.7 Å². The van der Waals surface area contributed by atoms with Crippen LogP contribution in [0.15, 0.2) is 84.9 Å². The first-order valence-corrected chi connectivity index (χ1v) is 14.7. The van der Waals surface area contributed by atoms with Crippen LogP contribution in [0.3, 0.4) is 0 Å². The number of rotatable bonds is 12. The van der Waals surface area contributed by atoms with Gasteiger partial charge in [0.25, 0.3) is 0 Å². The minimum Gasteiger partial charge on any atom is -0.493 e. The number of aryl methyl sites for hydroxylation is 2. The van der Waals surface area contributed by atoms with Crippen molar-refractivity contribution in [1.82, 2.24) is 0 Å². The van der Waals surface area contributed by atoms with Crippen LogP contribution >= 0.6 is 0 Å². The van der Waals surface area contributed by atoms with Gasteiger partial charge in [0.1, 0.15) is 11.5 Å². The lowest BCUT2D eigenvalue weighted by atomic mass is 10.1. The van der Waals surface area contributed by atoms with Crippen LogP contribution in [-0.2, 0) is 34.2 Å². The van der Waals surface area contributed by atoms with Gasteiger partial charge in [-0.1, -0.05) is 50.2 Å². The van der Waals surface area contributed by atoms with Gasteiger partial charge in [-0.25, -0.2) is 8.42 Å². The Hall–Kier alpha value is -3.97. The fourth-order valence-electron chi connectivity index (χ4n) is 4.15. The molecule has 4 aromatic rings. The summed E-state index contributed by atoms with van der Waals surface area (Å²) in [5.74, 6) is 3.61. The molecule has 0 radical (unpaired) electrons. The van der Waals surface area contributed by atoms with Crippen molar-refractivity contribution in [2.24, 2.45) is 0 Å². The Kier molecular flexibility index (Phi) is 9.15. The summed E-state index contributed by atoms with van der Waals surface area (Å²) in [7, 11) is -0.170. The highest BCUT2D eigenvalue weighted by Crippen LogP contribution is 2.34. The summed E-state index contributed by atoms with van der Waals surface area (Å²) in [5.41, 5.74) is 3.70. The molecule has 0 bridgehead atoms. The summed E-state index contributed by atoms with van der Waals surface area (Å²) in [5, 5.41) is 0. The Labute approximate surface area is 231 Å². The molecule has 4 aromatic carbocycles. The van der Waals surface area contributed by atoms with E-state index < -0.39 is 9.84 Å². The summed E-state index contributed by atoms with van der Waals surface area (Å²) < 4.78 is 48.6. The van der Waals surface area contributed by atoms with E-state index in [0.717, 1.165) is 24.0 Å². The summed E-state index contributed by atoms with van der Waals surface area (Å²) in [6.45, 7) is 4.16. The van der Waals surface area contributed by atoms with Crippen LogP contribution in [0.2, 0.25) is 0 Å². The molecule has 0 aromatic heterocycles. The molecular formula is C32H34O6S. The van der Waals surface area contributed by atoms with E-state index in [9.17, 15) is 8.42 Å². The Balaban J connectivity index is 1.37. The van der Waals surface area contributed by atoms with E-state index in [1.54, 1.807) is 62.8 Å². The second-order valence-corrected chi connectivity index (χ2v) is 11.3. The molecule has 0 unspecified atom stereocenters. The third kappa shape index (κ3) is 7.54. The minimum absolute atomic E-state index is 0.0684. The van der Waals surface area contributed by atoms with Crippen LogP contribution < -0.4 is 18.9 Å². The number of methoxy groups -OCH3 is 2. The maximum absolute atomic E-state index is 12.9. The largest absolute Gasteiger partial charge is 0.493 e. The topological polar surface area (TPSA) is 71.1 Å². The maximum Gasteiger partial charge on any atom is 0.169 e. The zero-order valence-electron chi connectivity index (χ0n) is 22.8. The predicted molar refractivity (Wildman–Crippen MR) is 154 cm³/mol. The van der Waals surface area contributed by atoms with Gasteiger partial charge in [-0.05, 0) is 83.6 Å². The van der Waals surface area contributed by atoms with Crippen molar-refractivity contribution in [3.63, 3.8) is 0 Å². The lowest BCUT2D eigenvalue weighted by molar-refractivity contribution is 0.378. The molecule has 0 heterocycles. The molecule has 0 saturated carbocycles. The zero-order valence-corrected chi connectivity index (χ0v) is 23.6. The molecule has 7 heteroatoms. The van der Waals surface area contributed by atoms with Gasteiger partial charge in [-0.15, -0.1) is 0 Å². The Morgan fingerprint density at radius 1 is 0.513 bits per heavy atom. The molecule has 0 N–H and O–H groups in total. The molecule has 0 spiro atoms. The minimum atomic E-state index is -3.39. The number of hydrogen-bond acceptors (Lipinski definition) is 6.